The number of halogens is 6. The number of carbonyl (C=O) groups is 6. The molecule has 11 nitrogen and oxygen atoms in total. The first-order valence-corrected chi connectivity index (χ1v) is 17.0. The third-order valence-electron chi connectivity index (χ3n) is 8.82. The Balaban J connectivity index is 0.000000592. The summed E-state index contributed by atoms with van der Waals surface area (Å²) in [4.78, 5) is 76.3. The van der Waals surface area contributed by atoms with Crippen molar-refractivity contribution >= 4 is 52.7 Å². The Morgan fingerprint density at radius 3 is 2.30 bits per heavy atom. The summed E-state index contributed by atoms with van der Waals surface area (Å²) in [5.41, 5.74) is -0.0798. The number of benzene rings is 4. The van der Waals surface area contributed by atoms with Crippen molar-refractivity contribution in [3.63, 3.8) is 0 Å². The van der Waals surface area contributed by atoms with Crippen molar-refractivity contribution in [3.8, 4) is 11.8 Å². The molecule has 1 unspecified atom stereocenters. The maximum absolute atomic E-state index is 13.9. The Bertz CT molecular complexity index is 2350. The monoisotopic (exact) mass is 791 g/mol. The molecule has 1 saturated heterocycles. The van der Waals surface area contributed by atoms with Crippen molar-refractivity contribution in [2.24, 2.45) is 0 Å². The third-order valence-corrected chi connectivity index (χ3v) is 9.07. The molecule has 0 aliphatic carbocycles. The van der Waals surface area contributed by atoms with Gasteiger partial charge in [-0.3, -0.25) is 34.1 Å². The second kappa shape index (κ2) is 16.0. The second-order valence-electron chi connectivity index (χ2n) is 12.6. The van der Waals surface area contributed by atoms with Crippen LogP contribution in [0.3, 0.4) is 0 Å². The predicted octanol–water partition coefficient (Wildman–Crippen LogP) is 5.36. The van der Waals surface area contributed by atoms with Crippen LogP contribution in [0.25, 0.3) is 0 Å². The minimum absolute atomic E-state index is 0.0221. The minimum Gasteiger partial charge on any atom is -0.348 e. The van der Waals surface area contributed by atoms with Gasteiger partial charge in [0.05, 0.1) is 12.1 Å². The van der Waals surface area contributed by atoms with Gasteiger partial charge in [0.15, 0.2) is 0 Å². The van der Waals surface area contributed by atoms with Crippen LogP contribution in [0, 0.1) is 23.5 Å². The van der Waals surface area contributed by atoms with Crippen LogP contribution in [0.15, 0.2) is 72.8 Å². The summed E-state index contributed by atoms with van der Waals surface area (Å²) in [5.74, 6) is 0.615. The number of hydrogen-bond donors (Lipinski definition) is 4. The van der Waals surface area contributed by atoms with Gasteiger partial charge in [-0.15, -0.1) is 0 Å². The van der Waals surface area contributed by atoms with Crippen LogP contribution in [0.1, 0.15) is 76.5 Å². The molecule has 0 saturated carbocycles. The topological polar surface area (TPSA) is 154 Å². The molecule has 4 aromatic rings. The maximum Gasteiger partial charge on any atom is 0.416 e. The first-order chi connectivity index (χ1) is 26.6. The number of amides is 6. The molecule has 56 heavy (non-hydrogen) atoms. The number of nitrogens with one attached hydrogen (secondary N) is 4. The van der Waals surface area contributed by atoms with Crippen LogP contribution in [0.2, 0.25) is 5.02 Å². The smallest absolute Gasteiger partial charge is 0.348 e. The number of imide groups is 1. The van der Waals surface area contributed by atoms with E-state index in [9.17, 15) is 50.7 Å². The molecule has 0 spiro atoms. The Morgan fingerprint density at radius 2 is 1.61 bits per heavy atom. The summed E-state index contributed by atoms with van der Waals surface area (Å²) in [6, 6.07) is 13.7. The number of anilines is 1. The van der Waals surface area contributed by atoms with Gasteiger partial charge in [0.2, 0.25) is 11.8 Å². The van der Waals surface area contributed by atoms with Crippen LogP contribution in [0.4, 0.5) is 27.6 Å². The van der Waals surface area contributed by atoms with Crippen LogP contribution in [0.5, 0.6) is 0 Å². The average molecular weight is 792 g/mol. The molecule has 1 atom stereocenters. The summed E-state index contributed by atoms with van der Waals surface area (Å²) in [5, 5.41) is 10.3. The second-order valence-corrected chi connectivity index (χ2v) is 13.0. The standard InChI is InChI=1S/C33H23F4N5O6.C6H4ClF/c34-21-10-17(9-20(13-21)33(35,36)37)29(45)40-25-12-18(11-23-24(25)14-39-30(23)46)28(44)38-7-1-2-16-3-4-22-19(8-16)15-42(32(22)48)26-5-6-27(43)41-31(26)47;7-5-1-3-6(8)4-2-5/h3-4,8-13,26H,5-7,14-15H2,(H,38,44)(H,39,46)(H,40,45)(H,41,43,47);1-4H. The fourth-order valence-corrected chi connectivity index (χ4v) is 6.23. The summed E-state index contributed by atoms with van der Waals surface area (Å²) >= 11 is 5.44. The number of carbonyl (C=O) groups excluding carboxylic acids is 6. The Morgan fingerprint density at radius 1 is 0.875 bits per heavy atom. The SMILES string of the molecule is Fc1ccc(Cl)cc1.O=C1CCC(N2Cc3cc(C#CCNC(=O)c4cc(NC(=O)c5cc(F)cc(C(F)(F)F)c5)c5c(c4)C(=O)NC5)ccc3C2=O)C(=O)N1. The highest BCUT2D eigenvalue weighted by atomic mass is 35.5. The first-order valence-electron chi connectivity index (χ1n) is 16.7. The van der Waals surface area contributed by atoms with Crippen molar-refractivity contribution in [2.75, 3.05) is 11.9 Å². The number of fused-ring (bicyclic) bond motifs is 2. The number of hydrogen-bond acceptors (Lipinski definition) is 6. The van der Waals surface area contributed by atoms with E-state index in [0.29, 0.717) is 39.4 Å². The molecular formula is C39H27ClF5N5O6. The summed E-state index contributed by atoms with van der Waals surface area (Å²) in [7, 11) is 0. The number of rotatable bonds is 5. The quantitative estimate of drug-likeness (QED) is 0.121. The van der Waals surface area contributed by atoms with Crippen molar-refractivity contribution < 1.29 is 50.7 Å². The van der Waals surface area contributed by atoms with Gasteiger partial charge in [-0.2, -0.15) is 13.2 Å². The molecule has 0 aromatic heterocycles. The van der Waals surface area contributed by atoms with Crippen LogP contribution in [-0.2, 0) is 28.9 Å². The Labute approximate surface area is 319 Å². The normalized spacial score (nSPS) is 15.7. The molecule has 6 amide bonds. The number of nitrogens with zero attached hydrogens (tertiary/aromatic N) is 1. The largest absolute Gasteiger partial charge is 0.416 e. The minimum atomic E-state index is -4.89. The Kier molecular flexibility index (Phi) is 11.2. The lowest BCUT2D eigenvalue weighted by Gasteiger charge is -2.29. The van der Waals surface area contributed by atoms with Crippen LogP contribution < -0.4 is 21.3 Å². The van der Waals surface area contributed by atoms with E-state index in [1.807, 2.05) is 0 Å². The van der Waals surface area contributed by atoms with E-state index in [-0.39, 0.29) is 73.0 Å². The first kappa shape index (κ1) is 39.1. The van der Waals surface area contributed by atoms with Gasteiger partial charge in [0.25, 0.3) is 23.6 Å². The van der Waals surface area contributed by atoms with Gasteiger partial charge < -0.3 is 20.9 Å². The van der Waals surface area contributed by atoms with E-state index < -0.39 is 52.8 Å². The highest BCUT2D eigenvalue weighted by Crippen LogP contribution is 2.32. The zero-order valence-electron chi connectivity index (χ0n) is 28.7. The molecule has 3 aliphatic heterocycles. The predicted molar refractivity (Wildman–Crippen MR) is 190 cm³/mol. The summed E-state index contributed by atoms with van der Waals surface area (Å²) in [6.07, 6.45) is -4.53. The molecule has 3 aliphatic rings. The molecule has 4 aromatic carbocycles. The molecule has 0 radical (unpaired) electrons. The van der Waals surface area contributed by atoms with E-state index in [0.717, 1.165) is 0 Å². The van der Waals surface area contributed by atoms with Crippen molar-refractivity contribution in [1.29, 1.82) is 0 Å². The van der Waals surface area contributed by atoms with E-state index >= 15 is 0 Å². The molecule has 0 bridgehead atoms. The van der Waals surface area contributed by atoms with E-state index in [4.69, 9.17) is 11.6 Å². The number of alkyl halides is 3. The zero-order valence-corrected chi connectivity index (χ0v) is 29.5. The van der Waals surface area contributed by atoms with E-state index in [2.05, 4.69) is 33.1 Å². The molecule has 286 valence electrons. The average Bonchev–Trinajstić information content (AvgIpc) is 3.69. The van der Waals surface area contributed by atoms with Crippen molar-refractivity contribution in [1.82, 2.24) is 20.9 Å². The van der Waals surface area contributed by atoms with Crippen LogP contribution >= 0.6 is 11.6 Å². The van der Waals surface area contributed by atoms with Gasteiger partial charge in [-0.25, -0.2) is 8.78 Å². The fraction of sp³-hybridized carbons (Fsp3) is 0.179. The highest BCUT2D eigenvalue weighted by molar-refractivity contribution is 6.30. The lowest BCUT2D eigenvalue weighted by Crippen LogP contribution is -2.52. The van der Waals surface area contributed by atoms with Crippen molar-refractivity contribution in [2.45, 2.75) is 38.1 Å². The van der Waals surface area contributed by atoms with Gasteiger partial charge in [-0.1, -0.05) is 23.4 Å². The van der Waals surface area contributed by atoms with E-state index in [1.54, 1.807) is 18.2 Å². The number of piperidine rings is 1. The van der Waals surface area contributed by atoms with Gasteiger partial charge in [-0.05, 0) is 84.8 Å². The maximum atomic E-state index is 13.9. The van der Waals surface area contributed by atoms with Crippen molar-refractivity contribution in [3.05, 3.63) is 134 Å². The molecule has 1 fully saturated rings. The Hall–Kier alpha value is -6.60. The molecule has 4 N–H and O–H groups in total. The molecular weight excluding hydrogens is 765 g/mol. The summed E-state index contributed by atoms with van der Waals surface area (Å²) < 4.78 is 65.4. The highest BCUT2D eigenvalue weighted by Gasteiger charge is 2.39. The van der Waals surface area contributed by atoms with Crippen LogP contribution in [-0.4, -0.2) is 52.9 Å². The van der Waals surface area contributed by atoms with Gasteiger partial charge >= 0.3 is 6.18 Å². The van der Waals surface area contributed by atoms with Gasteiger partial charge in [0, 0.05) is 63.6 Å². The zero-order chi connectivity index (χ0) is 40.3. The third kappa shape index (κ3) is 8.85. The lowest BCUT2D eigenvalue weighted by molar-refractivity contribution is -0.138. The van der Waals surface area contributed by atoms with E-state index in [1.165, 1.54) is 41.3 Å². The summed E-state index contributed by atoms with van der Waals surface area (Å²) in [6.45, 7) is -0.00230. The molecule has 3 heterocycles. The fourth-order valence-electron chi connectivity index (χ4n) is 6.10. The molecule has 17 heteroatoms. The molecule has 7 rings (SSSR count). The lowest BCUT2D eigenvalue weighted by atomic mass is 10.0. The van der Waals surface area contributed by atoms with Gasteiger partial charge in [0.1, 0.15) is 17.7 Å².